The first-order valence-electron chi connectivity index (χ1n) is 6.29. The minimum absolute atomic E-state index is 0.0361. The number of rotatable bonds is 8. The molecule has 0 bridgehead atoms. The van der Waals surface area contributed by atoms with Gasteiger partial charge in [0.2, 0.25) is 0 Å². The van der Waals surface area contributed by atoms with Gasteiger partial charge in [0, 0.05) is 13.0 Å². The van der Waals surface area contributed by atoms with Crippen LogP contribution in [0.1, 0.15) is 19.3 Å². The number of anilines is 1. The number of alkyl halides is 2. The Morgan fingerprint density at radius 1 is 1.24 bits per heavy atom. The van der Waals surface area contributed by atoms with E-state index in [1.807, 2.05) is 0 Å². The Hall–Kier alpha value is -2.38. The number of carboxylic acids is 1. The van der Waals surface area contributed by atoms with E-state index in [1.165, 1.54) is 18.2 Å². The Labute approximate surface area is 120 Å². The van der Waals surface area contributed by atoms with E-state index in [1.54, 1.807) is 6.07 Å². The van der Waals surface area contributed by atoms with E-state index in [4.69, 9.17) is 5.11 Å². The van der Waals surface area contributed by atoms with Crippen molar-refractivity contribution in [2.24, 2.45) is 0 Å². The highest BCUT2D eigenvalue weighted by atomic mass is 19.3. The number of unbranched alkanes of at least 4 members (excludes halogenated alkanes) is 1. The van der Waals surface area contributed by atoms with Gasteiger partial charge >= 0.3 is 18.6 Å². The second-order valence-corrected chi connectivity index (χ2v) is 4.11. The second kappa shape index (κ2) is 8.72. The van der Waals surface area contributed by atoms with Crippen LogP contribution in [-0.4, -0.2) is 30.3 Å². The molecule has 3 N–H and O–H groups in total. The molecule has 0 unspecified atom stereocenters. The quantitative estimate of drug-likeness (QED) is 0.644. The van der Waals surface area contributed by atoms with Crippen LogP contribution in [0.15, 0.2) is 24.3 Å². The van der Waals surface area contributed by atoms with Crippen LogP contribution in [0.3, 0.4) is 0 Å². The van der Waals surface area contributed by atoms with Crippen LogP contribution in [0.25, 0.3) is 0 Å². The molecule has 0 heterocycles. The molecule has 0 saturated heterocycles. The normalized spacial score (nSPS) is 10.2. The number of carbonyl (C=O) groups is 2. The summed E-state index contributed by atoms with van der Waals surface area (Å²) in [6, 6.07) is 5.25. The number of nitrogens with one attached hydrogen (secondary N) is 2. The lowest BCUT2D eigenvalue weighted by Crippen LogP contribution is -2.29. The molecule has 1 aromatic rings. The van der Waals surface area contributed by atoms with Gasteiger partial charge < -0.3 is 20.5 Å². The van der Waals surface area contributed by atoms with Gasteiger partial charge in [-0.3, -0.25) is 4.79 Å². The summed E-state index contributed by atoms with van der Waals surface area (Å²) >= 11 is 0. The van der Waals surface area contributed by atoms with Crippen LogP contribution in [0.4, 0.5) is 19.3 Å². The van der Waals surface area contributed by atoms with E-state index in [9.17, 15) is 18.4 Å². The third-order valence-corrected chi connectivity index (χ3v) is 2.45. The molecule has 0 atom stereocenters. The van der Waals surface area contributed by atoms with Gasteiger partial charge in [-0.15, -0.1) is 0 Å². The standard InChI is InChI=1S/C13H16F2N2O4/c14-12(15)21-10-6-2-1-5-9(10)17-13(20)16-8-4-3-7-11(18)19/h1-2,5-6,12H,3-4,7-8H2,(H,18,19)(H2,16,17,20). The van der Waals surface area contributed by atoms with E-state index in [0.717, 1.165) is 0 Å². The average molecular weight is 302 g/mol. The monoisotopic (exact) mass is 302 g/mol. The van der Waals surface area contributed by atoms with E-state index in [2.05, 4.69) is 15.4 Å². The van der Waals surface area contributed by atoms with Crippen molar-refractivity contribution in [1.29, 1.82) is 0 Å². The summed E-state index contributed by atoms with van der Waals surface area (Å²) in [4.78, 5) is 21.9. The summed E-state index contributed by atoms with van der Waals surface area (Å²) in [5.74, 6) is -1.02. The number of aliphatic carboxylic acids is 1. The summed E-state index contributed by atoms with van der Waals surface area (Å²) in [7, 11) is 0. The molecule has 0 aromatic heterocycles. The zero-order valence-corrected chi connectivity index (χ0v) is 11.1. The molecule has 0 aliphatic heterocycles. The minimum Gasteiger partial charge on any atom is -0.481 e. The lowest BCUT2D eigenvalue weighted by Gasteiger charge is -2.12. The summed E-state index contributed by atoms with van der Waals surface area (Å²) in [5, 5.41) is 13.3. The minimum atomic E-state index is -2.98. The highest BCUT2D eigenvalue weighted by Gasteiger charge is 2.11. The van der Waals surface area contributed by atoms with Crippen molar-refractivity contribution in [2.45, 2.75) is 25.9 Å². The van der Waals surface area contributed by atoms with E-state index in [-0.39, 0.29) is 24.4 Å². The molecule has 2 amide bonds. The van der Waals surface area contributed by atoms with Crippen molar-refractivity contribution >= 4 is 17.7 Å². The molecule has 116 valence electrons. The first-order valence-corrected chi connectivity index (χ1v) is 6.29. The first-order chi connectivity index (χ1) is 9.99. The van der Waals surface area contributed by atoms with Gasteiger partial charge in [0.25, 0.3) is 0 Å². The number of halogens is 2. The van der Waals surface area contributed by atoms with Crippen molar-refractivity contribution in [2.75, 3.05) is 11.9 Å². The average Bonchev–Trinajstić information content (AvgIpc) is 2.39. The lowest BCUT2D eigenvalue weighted by atomic mass is 10.2. The fraction of sp³-hybridized carbons (Fsp3) is 0.385. The van der Waals surface area contributed by atoms with Gasteiger partial charge in [0.05, 0.1) is 5.69 Å². The van der Waals surface area contributed by atoms with Crippen molar-refractivity contribution in [3.05, 3.63) is 24.3 Å². The summed E-state index contributed by atoms with van der Waals surface area (Å²) in [6.45, 7) is -2.69. The Morgan fingerprint density at radius 3 is 2.62 bits per heavy atom. The summed E-state index contributed by atoms with van der Waals surface area (Å²) in [5.41, 5.74) is 0.126. The number of carbonyl (C=O) groups excluding carboxylic acids is 1. The molecule has 0 fully saturated rings. The maximum atomic E-state index is 12.2. The van der Waals surface area contributed by atoms with Crippen molar-refractivity contribution in [1.82, 2.24) is 5.32 Å². The summed E-state index contributed by atoms with van der Waals surface area (Å²) in [6.07, 6.45) is 0.990. The molecule has 0 aliphatic carbocycles. The van der Waals surface area contributed by atoms with Crippen molar-refractivity contribution in [3.63, 3.8) is 0 Å². The van der Waals surface area contributed by atoms with Gasteiger partial charge in [0.15, 0.2) is 0 Å². The number of ether oxygens (including phenoxy) is 1. The van der Waals surface area contributed by atoms with Gasteiger partial charge in [-0.1, -0.05) is 12.1 Å². The number of carboxylic acid groups (broad SMARTS) is 1. The predicted octanol–water partition coefficient (Wildman–Crippen LogP) is 2.66. The maximum absolute atomic E-state index is 12.2. The third-order valence-electron chi connectivity index (χ3n) is 2.45. The number of para-hydroxylation sites is 2. The highest BCUT2D eigenvalue weighted by Crippen LogP contribution is 2.25. The third kappa shape index (κ3) is 7.09. The van der Waals surface area contributed by atoms with E-state index < -0.39 is 18.6 Å². The molecule has 6 nitrogen and oxygen atoms in total. The molecular weight excluding hydrogens is 286 g/mol. The zero-order valence-electron chi connectivity index (χ0n) is 11.1. The van der Waals surface area contributed by atoms with Gasteiger partial charge in [0.1, 0.15) is 5.75 Å². The molecule has 0 saturated carbocycles. The van der Waals surface area contributed by atoms with Crippen LogP contribution < -0.4 is 15.4 Å². The van der Waals surface area contributed by atoms with Gasteiger partial charge in [-0.05, 0) is 25.0 Å². The van der Waals surface area contributed by atoms with E-state index >= 15 is 0 Å². The van der Waals surface area contributed by atoms with E-state index in [0.29, 0.717) is 12.8 Å². The van der Waals surface area contributed by atoms with Crippen LogP contribution >= 0.6 is 0 Å². The molecular formula is C13H16F2N2O4. The largest absolute Gasteiger partial charge is 0.481 e. The Bertz CT molecular complexity index is 483. The van der Waals surface area contributed by atoms with Crippen molar-refractivity contribution in [3.8, 4) is 5.75 Å². The predicted molar refractivity (Wildman–Crippen MR) is 71.6 cm³/mol. The molecule has 1 rings (SSSR count). The Balaban J connectivity index is 2.39. The molecule has 0 spiro atoms. The van der Waals surface area contributed by atoms with Crippen LogP contribution in [0, 0.1) is 0 Å². The Kier molecular flexibility index (Phi) is 6.93. The second-order valence-electron chi connectivity index (χ2n) is 4.11. The zero-order chi connectivity index (χ0) is 15.7. The topological polar surface area (TPSA) is 87.7 Å². The molecule has 0 aliphatic rings. The number of hydrogen-bond acceptors (Lipinski definition) is 3. The lowest BCUT2D eigenvalue weighted by molar-refractivity contribution is -0.137. The fourth-order valence-corrected chi connectivity index (χ4v) is 1.54. The van der Waals surface area contributed by atoms with Gasteiger partial charge in [-0.25, -0.2) is 4.79 Å². The Morgan fingerprint density at radius 2 is 1.95 bits per heavy atom. The fourth-order valence-electron chi connectivity index (χ4n) is 1.54. The number of benzene rings is 1. The van der Waals surface area contributed by atoms with Crippen LogP contribution in [-0.2, 0) is 4.79 Å². The molecule has 21 heavy (non-hydrogen) atoms. The van der Waals surface area contributed by atoms with Crippen LogP contribution in [0.2, 0.25) is 0 Å². The molecule has 8 heteroatoms. The van der Waals surface area contributed by atoms with Crippen LogP contribution in [0.5, 0.6) is 5.75 Å². The number of hydrogen-bond donors (Lipinski definition) is 3. The maximum Gasteiger partial charge on any atom is 0.387 e. The number of urea groups is 1. The summed E-state index contributed by atoms with van der Waals surface area (Å²) < 4.78 is 28.7. The smallest absolute Gasteiger partial charge is 0.387 e. The molecule has 0 radical (unpaired) electrons. The first kappa shape index (κ1) is 16.7. The number of amides is 2. The van der Waals surface area contributed by atoms with Gasteiger partial charge in [-0.2, -0.15) is 8.78 Å². The SMILES string of the molecule is O=C(O)CCCCNC(=O)Nc1ccccc1OC(F)F. The molecule has 1 aromatic carbocycles. The van der Waals surface area contributed by atoms with Crippen molar-refractivity contribution < 1.29 is 28.2 Å². The highest BCUT2D eigenvalue weighted by molar-refractivity contribution is 5.90.